The summed E-state index contributed by atoms with van der Waals surface area (Å²) in [4.78, 5) is 12.0. The van der Waals surface area contributed by atoms with Crippen molar-refractivity contribution in [2.45, 2.75) is 24.3 Å². The third-order valence-corrected chi connectivity index (χ3v) is 6.35. The van der Waals surface area contributed by atoms with E-state index in [0.29, 0.717) is 39.4 Å². The summed E-state index contributed by atoms with van der Waals surface area (Å²) in [7, 11) is -3.47. The molecule has 8 heteroatoms. The van der Waals surface area contributed by atoms with Crippen molar-refractivity contribution in [3.05, 3.63) is 29.8 Å². The molecule has 0 bridgehead atoms. The summed E-state index contributed by atoms with van der Waals surface area (Å²) in [5, 5.41) is 5.98. The zero-order valence-corrected chi connectivity index (χ0v) is 15.1. The van der Waals surface area contributed by atoms with Gasteiger partial charge in [-0.15, -0.1) is 0 Å². The molecule has 25 heavy (non-hydrogen) atoms. The Bertz CT molecular complexity index is 680. The first-order chi connectivity index (χ1) is 12.1. The van der Waals surface area contributed by atoms with Crippen molar-refractivity contribution >= 4 is 15.9 Å². The molecule has 2 aliphatic rings. The monoisotopic (exact) mass is 367 g/mol. The zero-order chi connectivity index (χ0) is 17.7. The lowest BCUT2D eigenvalue weighted by atomic mass is 10.2. The third kappa shape index (κ3) is 5.24. The number of carbonyl (C=O) groups is 1. The highest BCUT2D eigenvalue weighted by Crippen LogP contribution is 2.27. The molecular formula is C17H25N3O4S. The Hall–Kier alpha value is -1.48. The van der Waals surface area contributed by atoms with E-state index in [2.05, 4.69) is 10.6 Å². The predicted molar refractivity (Wildman–Crippen MR) is 93.5 cm³/mol. The number of amides is 1. The smallest absolute Gasteiger partial charge is 0.243 e. The van der Waals surface area contributed by atoms with E-state index in [1.54, 1.807) is 24.3 Å². The van der Waals surface area contributed by atoms with Crippen molar-refractivity contribution in [2.24, 2.45) is 5.92 Å². The van der Waals surface area contributed by atoms with E-state index in [1.807, 2.05) is 0 Å². The van der Waals surface area contributed by atoms with Crippen LogP contribution in [0.15, 0.2) is 29.2 Å². The molecule has 2 N–H and O–H groups in total. The van der Waals surface area contributed by atoms with Gasteiger partial charge < -0.3 is 15.4 Å². The normalized spacial score (nSPS) is 18.9. The Morgan fingerprint density at radius 3 is 2.48 bits per heavy atom. The van der Waals surface area contributed by atoms with E-state index in [1.165, 1.54) is 17.1 Å². The number of carbonyl (C=O) groups excluding carboxylic acids is 1. The maximum atomic E-state index is 12.5. The molecule has 2 fully saturated rings. The maximum absolute atomic E-state index is 12.5. The molecule has 1 saturated carbocycles. The number of nitrogens with zero attached hydrogens (tertiary/aromatic N) is 1. The van der Waals surface area contributed by atoms with Crippen molar-refractivity contribution in [3.63, 3.8) is 0 Å². The van der Waals surface area contributed by atoms with Gasteiger partial charge in [0, 0.05) is 19.6 Å². The third-order valence-electron chi connectivity index (χ3n) is 4.44. The highest BCUT2D eigenvalue weighted by Gasteiger charge is 2.26. The SMILES string of the molecule is O=C(CNCC1CC1)NCc1ccc(S(=O)(=O)N2CCOCC2)cc1. The number of hydrogen-bond donors (Lipinski definition) is 2. The highest BCUT2D eigenvalue weighted by atomic mass is 32.2. The number of hydrogen-bond acceptors (Lipinski definition) is 5. The number of morpholine rings is 1. The van der Waals surface area contributed by atoms with Crippen molar-refractivity contribution in [3.8, 4) is 0 Å². The van der Waals surface area contributed by atoms with Crippen LogP contribution >= 0.6 is 0 Å². The molecule has 7 nitrogen and oxygen atoms in total. The first kappa shape index (κ1) is 18.3. The maximum Gasteiger partial charge on any atom is 0.243 e. The number of nitrogens with one attached hydrogen (secondary N) is 2. The number of ether oxygens (including phenoxy) is 1. The fourth-order valence-electron chi connectivity index (χ4n) is 2.69. The largest absolute Gasteiger partial charge is 0.379 e. The van der Waals surface area contributed by atoms with Gasteiger partial charge in [0.15, 0.2) is 0 Å². The van der Waals surface area contributed by atoms with Gasteiger partial charge in [-0.1, -0.05) is 12.1 Å². The average Bonchev–Trinajstić information content (AvgIpc) is 3.45. The summed E-state index contributed by atoms with van der Waals surface area (Å²) in [6.07, 6.45) is 2.52. The molecule has 1 aliphatic heterocycles. The molecule has 0 spiro atoms. The van der Waals surface area contributed by atoms with Crippen molar-refractivity contribution in [1.82, 2.24) is 14.9 Å². The second-order valence-electron chi connectivity index (χ2n) is 6.51. The standard InChI is InChI=1S/C17H25N3O4S/c21-17(13-18-11-14-1-2-14)19-12-15-3-5-16(6-4-15)25(22,23)20-7-9-24-10-8-20/h3-6,14,18H,1-2,7-13H2,(H,19,21). The van der Waals surface area contributed by atoms with Gasteiger partial charge in [0.05, 0.1) is 24.7 Å². The van der Waals surface area contributed by atoms with E-state index in [0.717, 1.165) is 18.0 Å². The molecule has 1 aromatic rings. The molecule has 3 rings (SSSR count). The van der Waals surface area contributed by atoms with Crippen LogP contribution < -0.4 is 10.6 Å². The average molecular weight is 367 g/mol. The van der Waals surface area contributed by atoms with Crippen molar-refractivity contribution in [2.75, 3.05) is 39.4 Å². The van der Waals surface area contributed by atoms with Gasteiger partial charge in [0.25, 0.3) is 0 Å². The second-order valence-corrected chi connectivity index (χ2v) is 8.45. The Balaban J connectivity index is 1.48. The van der Waals surface area contributed by atoms with Gasteiger partial charge in [-0.25, -0.2) is 8.42 Å². The minimum atomic E-state index is -3.47. The molecule has 1 aromatic carbocycles. The molecule has 1 amide bonds. The first-order valence-electron chi connectivity index (χ1n) is 8.70. The summed E-state index contributed by atoms with van der Waals surface area (Å²) < 4.78 is 31.7. The summed E-state index contributed by atoms with van der Waals surface area (Å²) in [6.45, 7) is 3.24. The van der Waals surface area contributed by atoms with Gasteiger partial charge in [0.2, 0.25) is 15.9 Å². The second kappa shape index (κ2) is 8.27. The molecule has 0 aromatic heterocycles. The number of benzene rings is 1. The first-order valence-corrected chi connectivity index (χ1v) is 10.1. The van der Waals surface area contributed by atoms with Crippen LogP contribution in [0.3, 0.4) is 0 Å². The molecule has 138 valence electrons. The minimum absolute atomic E-state index is 0.0503. The van der Waals surface area contributed by atoms with Gasteiger partial charge in [-0.05, 0) is 43.0 Å². The molecule has 0 radical (unpaired) electrons. The van der Waals surface area contributed by atoms with Crippen LogP contribution in [0.5, 0.6) is 0 Å². The van der Waals surface area contributed by atoms with E-state index in [4.69, 9.17) is 4.74 Å². The molecule has 1 aliphatic carbocycles. The van der Waals surface area contributed by atoms with E-state index in [-0.39, 0.29) is 10.8 Å². The predicted octanol–water partition coefficient (Wildman–Crippen LogP) is 0.323. The summed E-state index contributed by atoms with van der Waals surface area (Å²) in [5.74, 6) is 0.694. The molecule has 0 unspecified atom stereocenters. The minimum Gasteiger partial charge on any atom is -0.379 e. The zero-order valence-electron chi connectivity index (χ0n) is 14.2. The van der Waals surface area contributed by atoms with Crippen molar-refractivity contribution < 1.29 is 17.9 Å². The molecule has 1 saturated heterocycles. The Kier molecular flexibility index (Phi) is 6.06. The summed E-state index contributed by atoms with van der Waals surface area (Å²) in [5.41, 5.74) is 0.872. The van der Waals surface area contributed by atoms with Gasteiger partial charge in [-0.2, -0.15) is 4.31 Å². The molecule has 1 heterocycles. The fourth-order valence-corrected chi connectivity index (χ4v) is 4.10. The Morgan fingerprint density at radius 2 is 1.84 bits per heavy atom. The van der Waals surface area contributed by atoms with Gasteiger partial charge in [0.1, 0.15) is 0 Å². The topological polar surface area (TPSA) is 87.7 Å². The van der Waals surface area contributed by atoms with E-state index >= 15 is 0 Å². The van der Waals surface area contributed by atoms with Crippen LogP contribution in [-0.4, -0.2) is 58.0 Å². The lowest BCUT2D eigenvalue weighted by Crippen LogP contribution is -2.40. The van der Waals surface area contributed by atoms with Gasteiger partial charge in [-0.3, -0.25) is 4.79 Å². The van der Waals surface area contributed by atoms with E-state index in [9.17, 15) is 13.2 Å². The molecular weight excluding hydrogens is 342 g/mol. The highest BCUT2D eigenvalue weighted by molar-refractivity contribution is 7.89. The van der Waals surface area contributed by atoms with Crippen molar-refractivity contribution in [1.29, 1.82) is 0 Å². The number of sulfonamides is 1. The Morgan fingerprint density at radius 1 is 1.16 bits per heavy atom. The summed E-state index contributed by atoms with van der Waals surface area (Å²) in [6, 6.07) is 6.67. The summed E-state index contributed by atoms with van der Waals surface area (Å²) >= 11 is 0. The number of rotatable bonds is 8. The van der Waals surface area contributed by atoms with Crippen LogP contribution in [-0.2, 0) is 26.1 Å². The lowest BCUT2D eigenvalue weighted by molar-refractivity contribution is -0.120. The van der Waals surface area contributed by atoms with Crippen LogP contribution in [0.2, 0.25) is 0 Å². The van der Waals surface area contributed by atoms with Gasteiger partial charge >= 0.3 is 0 Å². The van der Waals surface area contributed by atoms with Crippen LogP contribution in [0, 0.1) is 5.92 Å². The quantitative estimate of drug-likeness (QED) is 0.691. The lowest BCUT2D eigenvalue weighted by Gasteiger charge is -2.26. The van der Waals surface area contributed by atoms with Crippen LogP contribution in [0.25, 0.3) is 0 Å². The Labute approximate surface area is 148 Å². The molecule has 0 atom stereocenters. The fraction of sp³-hybridized carbons (Fsp3) is 0.588. The van der Waals surface area contributed by atoms with E-state index < -0.39 is 10.0 Å². The van der Waals surface area contributed by atoms with Crippen LogP contribution in [0.4, 0.5) is 0 Å². The van der Waals surface area contributed by atoms with Crippen LogP contribution in [0.1, 0.15) is 18.4 Å².